The zero-order valence-electron chi connectivity index (χ0n) is 19.6. The molecule has 8 nitrogen and oxygen atoms in total. The van der Waals surface area contributed by atoms with E-state index < -0.39 is 29.4 Å². The van der Waals surface area contributed by atoms with Crippen LogP contribution in [0, 0.1) is 0 Å². The highest BCUT2D eigenvalue weighted by atomic mass is 16.6. The number of nitrogens with one attached hydrogen (secondary N) is 2. The first-order valence-electron chi connectivity index (χ1n) is 10.8. The molecule has 1 atom stereocenters. The summed E-state index contributed by atoms with van der Waals surface area (Å²) in [5.41, 5.74) is -0.829. The number of rotatable bonds is 9. The molecule has 2 rings (SSSR count). The van der Waals surface area contributed by atoms with Crippen LogP contribution in [0.5, 0.6) is 0 Å². The van der Waals surface area contributed by atoms with Crippen molar-refractivity contribution < 1.29 is 28.6 Å². The van der Waals surface area contributed by atoms with Gasteiger partial charge in [-0.15, -0.1) is 0 Å². The van der Waals surface area contributed by atoms with E-state index in [2.05, 4.69) is 10.6 Å². The van der Waals surface area contributed by atoms with Gasteiger partial charge in [-0.1, -0.05) is 60.7 Å². The molecular weight excluding hydrogens is 424 g/mol. The van der Waals surface area contributed by atoms with E-state index in [1.54, 1.807) is 32.9 Å². The SMILES string of the molecule is COC(=O)C(CCCc1ccccc1)(NC(=O)OCc1ccccc1)NC(=O)OC(C)(C)C. The van der Waals surface area contributed by atoms with Crippen molar-refractivity contribution in [1.82, 2.24) is 10.6 Å². The fourth-order valence-electron chi connectivity index (χ4n) is 3.15. The van der Waals surface area contributed by atoms with Crippen LogP contribution in [0.1, 0.15) is 44.7 Å². The molecule has 0 saturated carbocycles. The van der Waals surface area contributed by atoms with Gasteiger partial charge in [-0.25, -0.2) is 14.4 Å². The van der Waals surface area contributed by atoms with Gasteiger partial charge in [0.15, 0.2) is 0 Å². The smallest absolute Gasteiger partial charge is 0.409 e. The molecule has 0 fully saturated rings. The fraction of sp³-hybridized carbons (Fsp3) is 0.400. The average molecular weight is 457 g/mol. The molecule has 0 heterocycles. The van der Waals surface area contributed by atoms with E-state index >= 15 is 0 Å². The van der Waals surface area contributed by atoms with E-state index in [0.717, 1.165) is 11.1 Å². The van der Waals surface area contributed by atoms with Gasteiger partial charge in [0.25, 0.3) is 0 Å². The van der Waals surface area contributed by atoms with Crippen LogP contribution in [0.3, 0.4) is 0 Å². The molecule has 0 bridgehead atoms. The molecule has 8 heteroatoms. The summed E-state index contributed by atoms with van der Waals surface area (Å²) in [6.45, 7) is 5.09. The number of hydrogen-bond donors (Lipinski definition) is 2. The van der Waals surface area contributed by atoms with Crippen molar-refractivity contribution in [3.63, 3.8) is 0 Å². The first-order chi connectivity index (χ1) is 15.6. The predicted molar refractivity (Wildman–Crippen MR) is 123 cm³/mol. The van der Waals surface area contributed by atoms with Crippen LogP contribution in [0.4, 0.5) is 9.59 Å². The highest BCUT2D eigenvalue weighted by Gasteiger charge is 2.44. The fourth-order valence-corrected chi connectivity index (χ4v) is 3.15. The van der Waals surface area contributed by atoms with Gasteiger partial charge in [0.2, 0.25) is 5.66 Å². The zero-order chi connectivity index (χ0) is 24.3. The summed E-state index contributed by atoms with van der Waals surface area (Å²) in [7, 11) is 1.18. The van der Waals surface area contributed by atoms with E-state index in [0.29, 0.717) is 12.8 Å². The van der Waals surface area contributed by atoms with E-state index in [-0.39, 0.29) is 13.0 Å². The normalized spacial score (nSPS) is 12.7. The number of carbonyl (C=O) groups excluding carboxylic acids is 3. The summed E-state index contributed by atoms with van der Waals surface area (Å²) in [6, 6.07) is 18.8. The molecule has 0 radical (unpaired) electrons. The van der Waals surface area contributed by atoms with E-state index in [1.807, 2.05) is 48.5 Å². The number of benzene rings is 2. The monoisotopic (exact) mass is 456 g/mol. The lowest BCUT2D eigenvalue weighted by Crippen LogP contribution is -2.66. The van der Waals surface area contributed by atoms with E-state index in [9.17, 15) is 14.4 Å². The maximum atomic E-state index is 12.8. The summed E-state index contributed by atoms with van der Waals surface area (Å²) in [5.74, 6) is -0.835. The Morgan fingerprint density at radius 3 is 1.91 bits per heavy atom. The summed E-state index contributed by atoms with van der Waals surface area (Å²) in [6.07, 6.45) is -0.589. The minimum absolute atomic E-state index is 0.000376. The van der Waals surface area contributed by atoms with Crippen molar-refractivity contribution >= 4 is 18.2 Å². The number of ether oxygens (including phenoxy) is 3. The molecule has 2 aromatic carbocycles. The van der Waals surface area contributed by atoms with E-state index in [4.69, 9.17) is 14.2 Å². The third-order valence-corrected chi connectivity index (χ3v) is 4.64. The Hall–Kier alpha value is -3.55. The zero-order valence-corrected chi connectivity index (χ0v) is 19.6. The lowest BCUT2D eigenvalue weighted by atomic mass is 9.99. The largest absolute Gasteiger partial charge is 0.466 e. The number of aryl methyl sites for hydroxylation is 1. The van der Waals surface area contributed by atoms with Crippen LogP contribution in [-0.2, 0) is 32.0 Å². The molecule has 2 amide bonds. The molecule has 0 aliphatic heterocycles. The van der Waals surface area contributed by atoms with Gasteiger partial charge in [0.05, 0.1) is 7.11 Å². The molecule has 178 valence electrons. The molecular formula is C25H32N2O6. The highest BCUT2D eigenvalue weighted by Crippen LogP contribution is 2.18. The number of amides is 2. The molecule has 2 N–H and O–H groups in total. The van der Waals surface area contributed by atoms with Crippen molar-refractivity contribution in [1.29, 1.82) is 0 Å². The van der Waals surface area contributed by atoms with Crippen LogP contribution in [0.2, 0.25) is 0 Å². The van der Waals surface area contributed by atoms with Crippen molar-refractivity contribution in [2.45, 2.75) is 57.9 Å². The second-order valence-electron chi connectivity index (χ2n) is 8.55. The summed E-state index contributed by atoms with van der Waals surface area (Å²) in [4.78, 5) is 38.0. The minimum atomic E-state index is -1.86. The molecule has 0 spiro atoms. The van der Waals surface area contributed by atoms with Crippen molar-refractivity contribution in [2.24, 2.45) is 0 Å². The number of hydrogen-bond acceptors (Lipinski definition) is 6. The van der Waals surface area contributed by atoms with Crippen LogP contribution in [0.25, 0.3) is 0 Å². The average Bonchev–Trinajstić information content (AvgIpc) is 2.77. The van der Waals surface area contributed by atoms with Gasteiger partial charge in [-0.05, 0) is 44.7 Å². The second-order valence-corrected chi connectivity index (χ2v) is 8.55. The maximum absolute atomic E-state index is 12.8. The van der Waals surface area contributed by atoms with Gasteiger partial charge >= 0.3 is 18.2 Å². The van der Waals surface area contributed by atoms with E-state index in [1.165, 1.54) is 7.11 Å². The molecule has 2 aromatic rings. The number of carbonyl (C=O) groups is 3. The third-order valence-electron chi connectivity index (χ3n) is 4.64. The Morgan fingerprint density at radius 1 is 0.818 bits per heavy atom. The number of esters is 1. The Morgan fingerprint density at radius 2 is 1.36 bits per heavy atom. The van der Waals surface area contributed by atoms with Crippen LogP contribution in [-0.4, -0.2) is 36.5 Å². The van der Waals surface area contributed by atoms with Gasteiger partial charge in [0.1, 0.15) is 12.2 Å². The highest BCUT2D eigenvalue weighted by molar-refractivity contribution is 5.89. The summed E-state index contributed by atoms with van der Waals surface area (Å²) in [5, 5.41) is 5.01. The predicted octanol–water partition coefficient (Wildman–Crippen LogP) is 4.33. The molecule has 0 aliphatic rings. The number of methoxy groups -OCH3 is 1. The Labute approximate surface area is 194 Å². The summed E-state index contributed by atoms with van der Waals surface area (Å²) >= 11 is 0. The standard InChI is InChI=1S/C25H32N2O6/c1-24(2,3)33-23(30)27-25(21(28)31-4,17-11-16-19-12-7-5-8-13-19)26-22(29)32-18-20-14-9-6-10-15-20/h5-10,12-15H,11,16-18H2,1-4H3,(H,26,29)(H,27,30). The Bertz CT molecular complexity index is 911. The Balaban J connectivity index is 2.18. The molecule has 0 aliphatic carbocycles. The lowest BCUT2D eigenvalue weighted by molar-refractivity contribution is -0.150. The van der Waals surface area contributed by atoms with Gasteiger partial charge < -0.3 is 14.2 Å². The quantitative estimate of drug-likeness (QED) is 0.331. The first-order valence-corrected chi connectivity index (χ1v) is 10.8. The van der Waals surface area contributed by atoms with Crippen molar-refractivity contribution in [3.05, 3.63) is 71.8 Å². The maximum Gasteiger partial charge on any atom is 0.409 e. The minimum Gasteiger partial charge on any atom is -0.466 e. The van der Waals surface area contributed by atoms with Crippen LogP contribution < -0.4 is 10.6 Å². The molecule has 0 saturated heterocycles. The van der Waals surface area contributed by atoms with Crippen molar-refractivity contribution in [3.8, 4) is 0 Å². The second kappa shape index (κ2) is 11.9. The molecule has 0 aromatic heterocycles. The van der Waals surface area contributed by atoms with Gasteiger partial charge in [-0.3, -0.25) is 10.6 Å². The van der Waals surface area contributed by atoms with Crippen LogP contribution >= 0.6 is 0 Å². The summed E-state index contributed by atoms with van der Waals surface area (Å²) < 4.78 is 15.5. The van der Waals surface area contributed by atoms with Gasteiger partial charge in [-0.2, -0.15) is 0 Å². The Kier molecular flexibility index (Phi) is 9.27. The lowest BCUT2D eigenvalue weighted by Gasteiger charge is -2.33. The molecule has 1 unspecified atom stereocenters. The molecule has 33 heavy (non-hydrogen) atoms. The first kappa shape index (κ1) is 25.7. The van der Waals surface area contributed by atoms with Crippen molar-refractivity contribution in [2.75, 3.05) is 7.11 Å². The number of alkyl carbamates (subject to hydrolysis) is 2. The third kappa shape index (κ3) is 8.84. The van der Waals surface area contributed by atoms with Crippen LogP contribution in [0.15, 0.2) is 60.7 Å². The van der Waals surface area contributed by atoms with Gasteiger partial charge in [0, 0.05) is 6.42 Å². The topological polar surface area (TPSA) is 103 Å².